The highest BCUT2D eigenvalue weighted by molar-refractivity contribution is 6.31. The molecule has 1 aromatic heterocycles. The van der Waals surface area contributed by atoms with E-state index in [4.69, 9.17) is 11.6 Å². The van der Waals surface area contributed by atoms with Crippen molar-refractivity contribution in [3.05, 3.63) is 22.8 Å². The average molecular weight is 268 g/mol. The van der Waals surface area contributed by atoms with Crippen LogP contribution < -0.4 is 10.2 Å². The smallest absolute Gasteiger partial charge is 0.128 e. The molecule has 1 heterocycles. The van der Waals surface area contributed by atoms with E-state index in [1.54, 1.807) is 6.20 Å². The lowest BCUT2D eigenvalue weighted by atomic mass is 9.85. The zero-order chi connectivity index (χ0) is 13.0. The van der Waals surface area contributed by atoms with Crippen LogP contribution in [0.1, 0.15) is 31.7 Å². The van der Waals surface area contributed by atoms with Crippen molar-refractivity contribution in [2.24, 2.45) is 5.92 Å². The fourth-order valence-electron chi connectivity index (χ4n) is 2.34. The van der Waals surface area contributed by atoms with Crippen LogP contribution >= 0.6 is 11.6 Å². The van der Waals surface area contributed by atoms with Crippen LogP contribution in [0.15, 0.2) is 12.3 Å². The van der Waals surface area contributed by atoms with Gasteiger partial charge in [0.15, 0.2) is 0 Å². The topological polar surface area (TPSA) is 28.2 Å². The van der Waals surface area contributed by atoms with Gasteiger partial charge in [-0.15, -0.1) is 0 Å². The molecule has 0 saturated heterocycles. The highest BCUT2D eigenvalue weighted by Crippen LogP contribution is 2.29. The maximum atomic E-state index is 6.15. The predicted octanol–water partition coefficient (Wildman–Crippen LogP) is 3.08. The van der Waals surface area contributed by atoms with Crippen molar-refractivity contribution >= 4 is 17.4 Å². The fourth-order valence-corrected chi connectivity index (χ4v) is 2.51. The second-order valence-corrected chi connectivity index (χ2v) is 5.41. The lowest BCUT2D eigenvalue weighted by molar-refractivity contribution is 0.318. The number of pyridine rings is 1. The Labute approximate surface area is 115 Å². The molecule has 3 nitrogen and oxygen atoms in total. The Morgan fingerprint density at radius 2 is 2.28 bits per heavy atom. The summed E-state index contributed by atoms with van der Waals surface area (Å²) in [6.45, 7) is 5.11. The minimum absolute atomic E-state index is 0.743. The molecule has 1 N–H and O–H groups in total. The lowest BCUT2D eigenvalue weighted by Gasteiger charge is -2.32. The Morgan fingerprint density at radius 3 is 2.83 bits per heavy atom. The summed E-state index contributed by atoms with van der Waals surface area (Å²) in [5.74, 6) is 1.91. The van der Waals surface area contributed by atoms with Gasteiger partial charge in [0.25, 0.3) is 0 Å². The molecule has 1 aliphatic rings. The largest absolute Gasteiger partial charge is 0.357 e. The first-order valence-electron chi connectivity index (χ1n) is 6.78. The standard InChI is InChI=1S/C14H22ClN3/c1-3-18(10-11-5-4-6-11)14-7-12(8-16-2)13(15)9-17-14/h7,9,11,16H,3-6,8,10H2,1-2H3. The summed E-state index contributed by atoms with van der Waals surface area (Å²) in [4.78, 5) is 6.83. The van der Waals surface area contributed by atoms with Crippen LogP contribution in [0.4, 0.5) is 5.82 Å². The molecule has 0 unspecified atom stereocenters. The van der Waals surface area contributed by atoms with Crippen molar-refractivity contribution in [1.29, 1.82) is 0 Å². The molecule has 0 aromatic carbocycles. The van der Waals surface area contributed by atoms with Crippen molar-refractivity contribution in [2.75, 3.05) is 25.0 Å². The van der Waals surface area contributed by atoms with Crippen LogP contribution in [-0.2, 0) is 6.54 Å². The van der Waals surface area contributed by atoms with Gasteiger partial charge in [-0.05, 0) is 44.4 Å². The summed E-state index contributed by atoms with van der Waals surface area (Å²) >= 11 is 6.15. The first-order valence-corrected chi connectivity index (χ1v) is 7.16. The highest BCUT2D eigenvalue weighted by Gasteiger charge is 2.21. The number of rotatable bonds is 6. The van der Waals surface area contributed by atoms with Gasteiger partial charge in [-0.25, -0.2) is 4.98 Å². The molecule has 4 heteroatoms. The van der Waals surface area contributed by atoms with Crippen LogP contribution in [0.25, 0.3) is 0 Å². The van der Waals surface area contributed by atoms with E-state index in [-0.39, 0.29) is 0 Å². The first-order chi connectivity index (χ1) is 8.74. The molecule has 1 aromatic rings. The molecule has 1 fully saturated rings. The van der Waals surface area contributed by atoms with Crippen molar-refractivity contribution in [2.45, 2.75) is 32.7 Å². The van der Waals surface area contributed by atoms with Crippen LogP contribution in [0, 0.1) is 5.92 Å². The van der Waals surface area contributed by atoms with E-state index in [2.05, 4.69) is 28.2 Å². The molecule has 0 amide bonds. The van der Waals surface area contributed by atoms with Gasteiger partial charge < -0.3 is 10.2 Å². The van der Waals surface area contributed by atoms with E-state index in [1.165, 1.54) is 19.3 Å². The molecular formula is C14H22ClN3. The average Bonchev–Trinajstić information content (AvgIpc) is 2.32. The first kappa shape index (κ1) is 13.6. The molecule has 0 radical (unpaired) electrons. The Morgan fingerprint density at radius 1 is 1.50 bits per heavy atom. The third-order valence-corrected chi connectivity index (χ3v) is 4.04. The molecule has 0 atom stereocenters. The Bertz CT molecular complexity index is 391. The van der Waals surface area contributed by atoms with Crippen LogP contribution in [0.3, 0.4) is 0 Å². The molecule has 0 aliphatic heterocycles. The minimum atomic E-state index is 0.743. The number of aromatic nitrogens is 1. The van der Waals surface area contributed by atoms with E-state index in [0.717, 1.165) is 42.0 Å². The van der Waals surface area contributed by atoms with Gasteiger partial charge in [0.2, 0.25) is 0 Å². The summed E-state index contributed by atoms with van der Waals surface area (Å²) in [7, 11) is 1.93. The minimum Gasteiger partial charge on any atom is -0.357 e. The summed E-state index contributed by atoms with van der Waals surface area (Å²) < 4.78 is 0. The highest BCUT2D eigenvalue weighted by atomic mass is 35.5. The molecule has 0 bridgehead atoms. The summed E-state index contributed by atoms with van der Waals surface area (Å²) in [6, 6.07) is 2.11. The van der Waals surface area contributed by atoms with Gasteiger partial charge in [-0.3, -0.25) is 0 Å². The predicted molar refractivity (Wildman–Crippen MR) is 77.2 cm³/mol. The molecule has 2 rings (SSSR count). The van der Waals surface area contributed by atoms with Crippen molar-refractivity contribution in [1.82, 2.24) is 10.3 Å². The third-order valence-electron chi connectivity index (χ3n) is 3.70. The van der Waals surface area contributed by atoms with Crippen molar-refractivity contribution in [3.8, 4) is 0 Å². The SMILES string of the molecule is CCN(CC1CCC1)c1cc(CNC)c(Cl)cn1. The molecule has 1 aliphatic carbocycles. The molecule has 0 spiro atoms. The van der Waals surface area contributed by atoms with E-state index >= 15 is 0 Å². The molecule has 1 saturated carbocycles. The number of hydrogen-bond donors (Lipinski definition) is 1. The second-order valence-electron chi connectivity index (χ2n) is 5.00. The summed E-state index contributed by atoms with van der Waals surface area (Å²) in [5, 5.41) is 3.88. The number of nitrogens with one attached hydrogen (secondary N) is 1. The fraction of sp³-hybridized carbons (Fsp3) is 0.643. The number of nitrogens with zero attached hydrogens (tertiary/aromatic N) is 2. The summed E-state index contributed by atoms with van der Waals surface area (Å²) in [5.41, 5.74) is 1.12. The van der Waals surface area contributed by atoms with Gasteiger partial charge >= 0.3 is 0 Å². The van der Waals surface area contributed by atoms with Crippen LogP contribution in [-0.4, -0.2) is 25.1 Å². The second kappa shape index (κ2) is 6.39. The van der Waals surface area contributed by atoms with E-state index < -0.39 is 0 Å². The van der Waals surface area contributed by atoms with E-state index in [0.29, 0.717) is 0 Å². The van der Waals surface area contributed by atoms with Gasteiger partial charge in [0.05, 0.1) is 5.02 Å². The molecule has 100 valence electrons. The molecular weight excluding hydrogens is 246 g/mol. The Balaban J connectivity index is 2.10. The number of anilines is 1. The summed E-state index contributed by atoms with van der Waals surface area (Å²) in [6.07, 6.45) is 5.90. The number of hydrogen-bond acceptors (Lipinski definition) is 3. The Kier molecular flexibility index (Phi) is 4.84. The lowest BCUT2D eigenvalue weighted by Crippen LogP contribution is -2.33. The van der Waals surface area contributed by atoms with E-state index in [9.17, 15) is 0 Å². The maximum Gasteiger partial charge on any atom is 0.128 e. The Hall–Kier alpha value is -0.800. The van der Waals surface area contributed by atoms with Crippen LogP contribution in [0.5, 0.6) is 0 Å². The monoisotopic (exact) mass is 267 g/mol. The normalized spacial score (nSPS) is 15.5. The van der Waals surface area contributed by atoms with Crippen molar-refractivity contribution < 1.29 is 0 Å². The third kappa shape index (κ3) is 3.15. The van der Waals surface area contributed by atoms with Crippen molar-refractivity contribution in [3.63, 3.8) is 0 Å². The molecule has 18 heavy (non-hydrogen) atoms. The van der Waals surface area contributed by atoms with Gasteiger partial charge in [-0.2, -0.15) is 0 Å². The van der Waals surface area contributed by atoms with Gasteiger partial charge in [0, 0.05) is 25.8 Å². The zero-order valence-electron chi connectivity index (χ0n) is 11.2. The van der Waals surface area contributed by atoms with Gasteiger partial charge in [0.1, 0.15) is 5.82 Å². The zero-order valence-corrected chi connectivity index (χ0v) is 12.0. The number of halogens is 1. The van der Waals surface area contributed by atoms with Crippen LogP contribution in [0.2, 0.25) is 5.02 Å². The quantitative estimate of drug-likeness (QED) is 0.859. The van der Waals surface area contributed by atoms with Gasteiger partial charge in [-0.1, -0.05) is 18.0 Å². The maximum absolute atomic E-state index is 6.15. The van der Waals surface area contributed by atoms with E-state index in [1.807, 2.05) is 7.05 Å².